The van der Waals surface area contributed by atoms with Gasteiger partial charge in [-0.3, -0.25) is 9.59 Å². The smallest absolute Gasteiger partial charge is 0.371 e. The molecule has 0 radical (unpaired) electrons. The molecule has 0 atom stereocenters. The Bertz CT molecular complexity index is 1630. The third-order valence-corrected chi connectivity index (χ3v) is 8.99. The highest BCUT2D eigenvalue weighted by atomic mass is 35.5. The zero-order valence-electron chi connectivity index (χ0n) is 25.0. The van der Waals surface area contributed by atoms with E-state index >= 15 is 0 Å². The molecule has 1 aromatic heterocycles. The molecule has 2 aromatic carbocycles. The van der Waals surface area contributed by atoms with Crippen LogP contribution in [0.15, 0.2) is 29.3 Å². The first-order chi connectivity index (χ1) is 20.6. The molecule has 2 fully saturated rings. The first-order valence-corrected chi connectivity index (χ1v) is 15.3. The minimum Gasteiger partial charge on any atom is -0.371 e. The van der Waals surface area contributed by atoms with Gasteiger partial charge in [0.05, 0.1) is 43.9 Å². The van der Waals surface area contributed by atoms with Gasteiger partial charge in [-0.05, 0) is 55.9 Å². The lowest BCUT2D eigenvalue weighted by Crippen LogP contribution is -2.38. The van der Waals surface area contributed by atoms with Gasteiger partial charge in [-0.1, -0.05) is 50.0 Å². The molecule has 1 aliphatic carbocycles. The van der Waals surface area contributed by atoms with E-state index in [4.69, 9.17) is 28.2 Å². The molecule has 1 saturated heterocycles. The predicted octanol–water partition coefficient (Wildman–Crippen LogP) is 7.83. The summed E-state index contributed by atoms with van der Waals surface area (Å²) in [5, 5.41) is 6.82. The number of hydrogen-bond donors (Lipinski definition) is 2. The van der Waals surface area contributed by atoms with Gasteiger partial charge in [-0.25, -0.2) is 9.98 Å². The Kier molecular flexibility index (Phi) is 8.92. The van der Waals surface area contributed by atoms with Crippen LogP contribution in [0.25, 0.3) is 11.0 Å². The maximum absolute atomic E-state index is 13.4. The molecule has 8 nitrogen and oxygen atoms in total. The second-order valence-electron chi connectivity index (χ2n) is 12.4. The third-order valence-electron chi connectivity index (χ3n) is 8.24. The summed E-state index contributed by atoms with van der Waals surface area (Å²) in [5.74, 6) is -1.52. The number of aliphatic imine (C=N–C) groups is 1. The molecular weight excluding hydrogens is 616 g/mol. The number of carbonyl (C=O) groups is 2. The van der Waals surface area contributed by atoms with Crippen molar-refractivity contribution >= 4 is 69.1 Å². The largest absolute Gasteiger partial charge is 0.391 e. The van der Waals surface area contributed by atoms with Crippen molar-refractivity contribution in [1.29, 1.82) is 0 Å². The number of benzene rings is 2. The van der Waals surface area contributed by atoms with Crippen molar-refractivity contribution in [2.75, 3.05) is 23.3 Å². The zero-order valence-corrected chi connectivity index (χ0v) is 26.6. The van der Waals surface area contributed by atoms with Gasteiger partial charge in [0.25, 0.3) is 5.91 Å². The quantitative estimate of drug-likeness (QED) is 0.284. The summed E-state index contributed by atoms with van der Waals surface area (Å²) in [7, 11) is 1.83. The average Bonchev–Trinajstić information content (AvgIpc) is 3.22. The molecular formula is C31H35Cl2F3N6O2. The monoisotopic (exact) mass is 650 g/mol. The van der Waals surface area contributed by atoms with Crippen molar-refractivity contribution in [3.63, 3.8) is 0 Å². The van der Waals surface area contributed by atoms with E-state index in [0.717, 1.165) is 25.0 Å². The Balaban J connectivity index is 1.43. The molecule has 0 bridgehead atoms. The Morgan fingerprint density at radius 1 is 1.09 bits per heavy atom. The number of imidazole rings is 1. The highest BCUT2D eigenvalue weighted by molar-refractivity contribution is 6.39. The molecule has 0 spiro atoms. The van der Waals surface area contributed by atoms with Crippen molar-refractivity contribution in [2.45, 2.75) is 65.6 Å². The fourth-order valence-electron chi connectivity index (χ4n) is 5.32. The summed E-state index contributed by atoms with van der Waals surface area (Å²) in [4.78, 5) is 36.9. The molecule has 236 valence electrons. The summed E-state index contributed by atoms with van der Waals surface area (Å²) in [6.45, 7) is 7.25. The number of rotatable bonds is 6. The van der Waals surface area contributed by atoms with E-state index in [1.807, 2.05) is 38.5 Å². The van der Waals surface area contributed by atoms with Gasteiger partial charge in [0.15, 0.2) is 0 Å². The molecule has 13 heteroatoms. The number of alkyl halides is 3. The van der Waals surface area contributed by atoms with Crippen LogP contribution in [0, 0.1) is 11.3 Å². The Morgan fingerprint density at radius 3 is 2.36 bits per heavy atom. The zero-order chi connectivity index (χ0) is 32.0. The van der Waals surface area contributed by atoms with Crippen molar-refractivity contribution in [1.82, 2.24) is 14.9 Å². The first-order valence-electron chi connectivity index (χ1n) is 14.6. The number of amides is 2. The molecule has 2 N–H and O–H groups in total. The van der Waals surface area contributed by atoms with Gasteiger partial charge in [-0.15, -0.1) is 0 Å². The maximum Gasteiger partial charge on any atom is 0.391 e. The summed E-state index contributed by atoms with van der Waals surface area (Å²) < 4.78 is 41.2. The lowest BCUT2D eigenvalue weighted by atomic mass is 9.87. The minimum atomic E-state index is -4.23. The van der Waals surface area contributed by atoms with Crippen LogP contribution in [0.4, 0.5) is 30.5 Å². The lowest BCUT2D eigenvalue weighted by Gasteiger charge is -2.34. The van der Waals surface area contributed by atoms with Gasteiger partial charge in [0.1, 0.15) is 0 Å². The highest BCUT2D eigenvalue weighted by Gasteiger charge is 2.41. The maximum atomic E-state index is 13.4. The second-order valence-corrected chi connectivity index (χ2v) is 13.2. The van der Waals surface area contributed by atoms with Gasteiger partial charge in [0.2, 0.25) is 11.9 Å². The summed E-state index contributed by atoms with van der Waals surface area (Å²) >= 11 is 13.3. The van der Waals surface area contributed by atoms with E-state index in [0.29, 0.717) is 49.7 Å². The lowest BCUT2D eigenvalue weighted by molar-refractivity contribution is -0.178. The van der Waals surface area contributed by atoms with Crippen LogP contribution in [-0.4, -0.2) is 46.3 Å². The second kappa shape index (κ2) is 12.2. The number of fused-ring (bicyclic) bond motifs is 1. The van der Waals surface area contributed by atoms with Crippen molar-refractivity contribution in [3.05, 3.63) is 45.4 Å². The van der Waals surface area contributed by atoms with E-state index in [2.05, 4.69) is 20.5 Å². The molecule has 1 aliphatic heterocycles. The molecule has 0 unspecified atom stereocenters. The van der Waals surface area contributed by atoms with Gasteiger partial charge in [-0.2, -0.15) is 13.2 Å². The molecule has 2 amide bonds. The number of aromatic nitrogens is 2. The molecule has 2 heterocycles. The van der Waals surface area contributed by atoms with Crippen molar-refractivity contribution in [3.8, 4) is 0 Å². The number of halogens is 5. The number of hydrogen-bond acceptors (Lipinski definition) is 5. The number of nitrogens with one attached hydrogen (secondary N) is 2. The average molecular weight is 652 g/mol. The number of nitrogens with zero attached hydrogens (tertiary/aromatic N) is 4. The molecule has 3 aromatic rings. The van der Waals surface area contributed by atoms with E-state index in [1.54, 1.807) is 18.2 Å². The van der Waals surface area contributed by atoms with Crippen LogP contribution >= 0.6 is 23.2 Å². The Hall–Kier alpha value is -3.31. The van der Waals surface area contributed by atoms with Gasteiger partial charge >= 0.3 is 6.18 Å². The predicted molar refractivity (Wildman–Crippen MR) is 168 cm³/mol. The number of aryl methyl sites for hydroxylation is 1. The Labute approximate surface area is 264 Å². The Morgan fingerprint density at radius 2 is 1.77 bits per heavy atom. The molecule has 5 rings (SSSR count). The van der Waals surface area contributed by atoms with Crippen LogP contribution < -0.4 is 15.5 Å². The van der Waals surface area contributed by atoms with Gasteiger partial charge < -0.3 is 20.1 Å². The van der Waals surface area contributed by atoms with Crippen LogP contribution in [-0.2, 0) is 18.4 Å². The van der Waals surface area contributed by atoms with E-state index in [9.17, 15) is 22.8 Å². The number of anilines is 3. The molecule has 1 saturated carbocycles. The van der Waals surface area contributed by atoms with E-state index < -0.39 is 23.4 Å². The summed E-state index contributed by atoms with van der Waals surface area (Å²) in [6, 6.07) is 7.02. The summed E-state index contributed by atoms with van der Waals surface area (Å²) in [5.41, 5.74) is 3.40. The van der Waals surface area contributed by atoms with Crippen LogP contribution in [0.2, 0.25) is 10.0 Å². The highest BCUT2D eigenvalue weighted by Crippen LogP contribution is 2.39. The van der Waals surface area contributed by atoms with Gasteiger partial charge in [0, 0.05) is 37.8 Å². The van der Waals surface area contributed by atoms with Crippen molar-refractivity contribution in [2.24, 2.45) is 23.4 Å². The first kappa shape index (κ1) is 32.1. The van der Waals surface area contributed by atoms with Crippen LogP contribution in [0.5, 0.6) is 0 Å². The normalized spacial score (nSPS) is 17.4. The molecule has 44 heavy (non-hydrogen) atoms. The minimum absolute atomic E-state index is 0.0574. The van der Waals surface area contributed by atoms with E-state index in [1.165, 1.54) is 0 Å². The fourth-order valence-corrected chi connectivity index (χ4v) is 5.85. The SMILES string of the molecule is Cn1c(Nc2c(Cl)ccc(CNC(=O)C(C)(C)C)c2Cl)nc2cc(C(=O)N=C3CCC(C(F)(F)F)CC3)c(N3CCC3)cc21. The topological polar surface area (TPSA) is 91.6 Å². The number of carbonyl (C=O) groups excluding carboxylic acids is 2. The van der Waals surface area contributed by atoms with Crippen LogP contribution in [0.3, 0.4) is 0 Å². The fraction of sp³-hybridized carbons (Fsp3) is 0.484. The standard InChI is InChI=1S/C31H35Cl2F3N6O2/c1-30(2,3)28(44)37-16-17-6-11-21(32)26(25(17)33)40-29-39-22-14-20(23(42-12-5-13-42)15-24(22)41(29)4)27(43)38-19-9-7-18(8-10-19)31(34,35)36/h6,11,14-15,18H,5,7-10,12-13,16H2,1-4H3,(H,37,44)(H,39,40). The third kappa shape index (κ3) is 6.68. The van der Waals surface area contributed by atoms with Crippen molar-refractivity contribution < 1.29 is 22.8 Å². The van der Waals surface area contributed by atoms with E-state index in [-0.39, 0.29) is 38.1 Å². The van der Waals surface area contributed by atoms with Crippen LogP contribution in [0.1, 0.15) is 68.8 Å². The summed E-state index contributed by atoms with van der Waals surface area (Å²) in [6.07, 6.45) is -3.06. The molecule has 2 aliphatic rings.